The first kappa shape index (κ1) is 13.3. The van der Waals surface area contributed by atoms with Gasteiger partial charge in [0.2, 0.25) is 0 Å². The van der Waals surface area contributed by atoms with Gasteiger partial charge in [-0.25, -0.2) is 4.79 Å². The summed E-state index contributed by atoms with van der Waals surface area (Å²) < 4.78 is 5.17. The van der Waals surface area contributed by atoms with E-state index in [1.165, 1.54) is 0 Å². The molecule has 19 heavy (non-hydrogen) atoms. The molecule has 0 aliphatic carbocycles. The van der Waals surface area contributed by atoms with Crippen LogP contribution in [0.1, 0.15) is 19.4 Å². The van der Waals surface area contributed by atoms with Crippen molar-refractivity contribution in [2.45, 2.75) is 26.5 Å². The van der Waals surface area contributed by atoms with Crippen LogP contribution in [0.15, 0.2) is 36.5 Å². The van der Waals surface area contributed by atoms with Gasteiger partial charge in [0.25, 0.3) is 0 Å². The maximum atomic E-state index is 11.8. The van der Waals surface area contributed by atoms with E-state index in [-0.39, 0.29) is 12.2 Å². The summed E-state index contributed by atoms with van der Waals surface area (Å²) in [7, 11) is 1.74. The summed E-state index contributed by atoms with van der Waals surface area (Å²) in [5.74, 6) is 0. The minimum absolute atomic E-state index is 0.107. The maximum absolute atomic E-state index is 11.8. The Morgan fingerprint density at radius 3 is 2.84 bits per heavy atom. The van der Waals surface area contributed by atoms with E-state index in [1.54, 1.807) is 18.1 Å². The van der Waals surface area contributed by atoms with Gasteiger partial charge in [0.1, 0.15) is 0 Å². The number of amides is 1. The van der Waals surface area contributed by atoms with Crippen LogP contribution >= 0.6 is 0 Å². The molecule has 0 atom stereocenters. The molecule has 0 radical (unpaired) electrons. The average molecular weight is 258 g/mol. The summed E-state index contributed by atoms with van der Waals surface area (Å²) in [6.07, 6.45) is 1.35. The Labute approximate surface area is 113 Å². The summed E-state index contributed by atoms with van der Waals surface area (Å²) in [6, 6.07) is 9.83. The second-order valence-electron chi connectivity index (χ2n) is 4.78. The van der Waals surface area contributed by atoms with Gasteiger partial charge in [0, 0.05) is 25.2 Å². The van der Waals surface area contributed by atoms with Gasteiger partial charge >= 0.3 is 6.09 Å². The molecule has 2 aromatic rings. The Hall–Kier alpha value is -2.10. The first-order valence-electron chi connectivity index (χ1n) is 6.32. The zero-order valence-electron chi connectivity index (χ0n) is 11.5. The molecule has 100 valence electrons. The fourth-order valence-corrected chi connectivity index (χ4v) is 1.92. The predicted octanol–water partition coefficient (Wildman–Crippen LogP) is 3.21. The van der Waals surface area contributed by atoms with E-state index in [0.29, 0.717) is 6.54 Å². The lowest BCUT2D eigenvalue weighted by molar-refractivity contribution is 0.0823. The van der Waals surface area contributed by atoms with Crippen molar-refractivity contribution in [2.24, 2.45) is 0 Å². The van der Waals surface area contributed by atoms with Crippen LogP contribution in [0.2, 0.25) is 0 Å². The first-order valence-corrected chi connectivity index (χ1v) is 6.32. The summed E-state index contributed by atoms with van der Waals surface area (Å²) in [4.78, 5) is 17.7. The van der Waals surface area contributed by atoms with Crippen LogP contribution < -0.4 is 0 Å². The molecule has 0 aliphatic rings. The number of carbonyl (C=O) groups excluding carboxylic acids is 1. The molecule has 1 aromatic heterocycles. The smallest absolute Gasteiger partial charge is 0.410 e. The third kappa shape index (κ3) is 3.22. The van der Waals surface area contributed by atoms with Gasteiger partial charge in [0.05, 0.1) is 11.6 Å². The number of nitrogens with zero attached hydrogens (tertiary/aromatic N) is 2. The van der Waals surface area contributed by atoms with Crippen LogP contribution in [0.3, 0.4) is 0 Å². The van der Waals surface area contributed by atoms with E-state index < -0.39 is 0 Å². The van der Waals surface area contributed by atoms with Crippen LogP contribution in [0, 0.1) is 0 Å². The minimum Gasteiger partial charge on any atom is -0.447 e. The number of fused-ring (bicyclic) bond motifs is 1. The highest BCUT2D eigenvalue weighted by Gasteiger charge is 2.13. The molecular formula is C15H18N2O2. The third-order valence-corrected chi connectivity index (χ3v) is 2.79. The van der Waals surface area contributed by atoms with Gasteiger partial charge in [-0.2, -0.15) is 0 Å². The topological polar surface area (TPSA) is 42.4 Å². The molecule has 0 fully saturated rings. The normalized spacial score (nSPS) is 10.7. The summed E-state index contributed by atoms with van der Waals surface area (Å²) in [5, 5.41) is 1.06. The van der Waals surface area contributed by atoms with Crippen molar-refractivity contribution in [3.63, 3.8) is 0 Å². The summed E-state index contributed by atoms with van der Waals surface area (Å²) in [6.45, 7) is 4.19. The lowest BCUT2D eigenvalue weighted by atomic mass is 10.1. The average Bonchev–Trinajstić information content (AvgIpc) is 2.38. The molecule has 0 saturated heterocycles. The van der Waals surface area contributed by atoms with Gasteiger partial charge in [-0.05, 0) is 31.5 Å². The monoisotopic (exact) mass is 258 g/mol. The van der Waals surface area contributed by atoms with E-state index in [0.717, 1.165) is 16.5 Å². The number of rotatable bonds is 3. The molecule has 0 spiro atoms. The van der Waals surface area contributed by atoms with Crippen molar-refractivity contribution in [1.82, 2.24) is 9.88 Å². The Morgan fingerprint density at radius 2 is 2.11 bits per heavy atom. The van der Waals surface area contributed by atoms with Crippen LogP contribution in [0.25, 0.3) is 10.9 Å². The number of ether oxygens (including phenoxy) is 1. The van der Waals surface area contributed by atoms with Gasteiger partial charge in [-0.15, -0.1) is 0 Å². The van der Waals surface area contributed by atoms with Crippen molar-refractivity contribution in [3.05, 3.63) is 42.1 Å². The number of hydrogen-bond donors (Lipinski definition) is 0. The van der Waals surface area contributed by atoms with Crippen LogP contribution in [-0.4, -0.2) is 29.1 Å². The quantitative estimate of drug-likeness (QED) is 0.849. The third-order valence-electron chi connectivity index (χ3n) is 2.79. The van der Waals surface area contributed by atoms with E-state index >= 15 is 0 Å². The van der Waals surface area contributed by atoms with Gasteiger partial charge < -0.3 is 9.64 Å². The predicted molar refractivity (Wildman–Crippen MR) is 74.8 cm³/mol. The van der Waals surface area contributed by atoms with E-state index in [1.807, 2.05) is 44.2 Å². The molecule has 4 heteroatoms. The van der Waals surface area contributed by atoms with Gasteiger partial charge in [-0.3, -0.25) is 4.98 Å². The van der Waals surface area contributed by atoms with E-state index in [4.69, 9.17) is 4.74 Å². The highest BCUT2D eigenvalue weighted by Crippen LogP contribution is 2.18. The van der Waals surface area contributed by atoms with Crippen LogP contribution in [0.5, 0.6) is 0 Å². The molecule has 1 heterocycles. The molecule has 1 amide bonds. The Bertz CT molecular complexity index is 576. The van der Waals surface area contributed by atoms with Gasteiger partial charge in [0.15, 0.2) is 0 Å². The largest absolute Gasteiger partial charge is 0.447 e. The van der Waals surface area contributed by atoms with Crippen LogP contribution in [-0.2, 0) is 11.3 Å². The molecular weight excluding hydrogens is 240 g/mol. The van der Waals surface area contributed by atoms with Crippen molar-refractivity contribution < 1.29 is 9.53 Å². The number of pyridine rings is 1. The maximum Gasteiger partial charge on any atom is 0.410 e. The van der Waals surface area contributed by atoms with Crippen molar-refractivity contribution in [1.29, 1.82) is 0 Å². The second-order valence-corrected chi connectivity index (χ2v) is 4.78. The number of aromatic nitrogens is 1. The Morgan fingerprint density at radius 1 is 1.32 bits per heavy atom. The molecule has 0 unspecified atom stereocenters. The number of carbonyl (C=O) groups is 1. The van der Waals surface area contributed by atoms with Crippen molar-refractivity contribution in [2.75, 3.05) is 7.05 Å². The van der Waals surface area contributed by atoms with E-state index in [9.17, 15) is 4.79 Å². The zero-order chi connectivity index (χ0) is 13.8. The fourth-order valence-electron chi connectivity index (χ4n) is 1.92. The summed E-state index contributed by atoms with van der Waals surface area (Å²) >= 11 is 0. The standard InChI is InChI=1S/C15H18N2O2/c1-11(2)19-15(18)17(3)10-12-6-4-8-14-13(12)7-5-9-16-14/h4-9,11H,10H2,1-3H3. The van der Waals surface area contributed by atoms with Crippen molar-refractivity contribution >= 4 is 17.0 Å². The Kier molecular flexibility index (Phi) is 4.00. The molecule has 0 bridgehead atoms. The lowest BCUT2D eigenvalue weighted by Crippen LogP contribution is -2.29. The van der Waals surface area contributed by atoms with Crippen molar-refractivity contribution in [3.8, 4) is 0 Å². The number of hydrogen-bond acceptors (Lipinski definition) is 3. The number of benzene rings is 1. The molecule has 2 rings (SSSR count). The Balaban J connectivity index is 2.19. The highest BCUT2D eigenvalue weighted by atomic mass is 16.6. The molecule has 1 aromatic carbocycles. The molecule has 0 saturated carbocycles. The second kappa shape index (κ2) is 5.69. The fraction of sp³-hybridized carbons (Fsp3) is 0.333. The molecule has 0 N–H and O–H groups in total. The SMILES string of the molecule is CC(C)OC(=O)N(C)Cc1cccc2ncccc12. The lowest BCUT2D eigenvalue weighted by Gasteiger charge is -2.19. The first-order chi connectivity index (χ1) is 9.08. The highest BCUT2D eigenvalue weighted by molar-refractivity contribution is 5.82. The molecule has 4 nitrogen and oxygen atoms in total. The van der Waals surface area contributed by atoms with Gasteiger partial charge in [-0.1, -0.05) is 18.2 Å². The zero-order valence-corrected chi connectivity index (χ0v) is 11.5. The van der Waals surface area contributed by atoms with E-state index in [2.05, 4.69) is 4.98 Å². The summed E-state index contributed by atoms with van der Waals surface area (Å²) in [5.41, 5.74) is 2.00. The minimum atomic E-state index is -0.309. The molecule has 0 aliphatic heterocycles. The van der Waals surface area contributed by atoms with Crippen LogP contribution in [0.4, 0.5) is 4.79 Å².